The molecule has 0 aromatic carbocycles. The second-order valence-corrected chi connectivity index (χ2v) is 4.22. The van der Waals surface area contributed by atoms with Crippen LogP contribution in [-0.2, 0) is 0 Å². The first-order valence-corrected chi connectivity index (χ1v) is 4.52. The first-order chi connectivity index (χ1) is 3.21. The Hall–Kier alpha value is 0.620. The topological polar surface area (TPSA) is 52.0 Å². The van der Waals surface area contributed by atoms with Crippen LogP contribution in [0.5, 0.6) is 0 Å². The molecule has 0 aliphatic carbocycles. The van der Waals surface area contributed by atoms with Gasteiger partial charge in [-0.15, -0.1) is 0 Å². The maximum absolute atomic E-state index is 5.51. The van der Waals surface area contributed by atoms with E-state index in [0.717, 1.165) is 11.5 Å². The standard InChI is InChI=1S/C3H8N2S2/c4-3(5)1-6-7-2-3/h1-2,4-5H2. The van der Waals surface area contributed by atoms with Gasteiger partial charge < -0.3 is 11.5 Å². The van der Waals surface area contributed by atoms with Crippen molar-refractivity contribution >= 4 is 21.6 Å². The van der Waals surface area contributed by atoms with Gasteiger partial charge in [-0.3, -0.25) is 0 Å². The van der Waals surface area contributed by atoms with E-state index in [-0.39, 0.29) is 5.66 Å². The lowest BCUT2D eigenvalue weighted by molar-refractivity contribution is 0.575. The van der Waals surface area contributed by atoms with E-state index >= 15 is 0 Å². The zero-order valence-corrected chi connectivity index (χ0v) is 5.52. The zero-order valence-electron chi connectivity index (χ0n) is 3.89. The van der Waals surface area contributed by atoms with E-state index in [1.807, 2.05) is 0 Å². The molecule has 1 fully saturated rings. The Kier molecular flexibility index (Phi) is 1.52. The molecule has 0 aromatic rings. The van der Waals surface area contributed by atoms with E-state index in [2.05, 4.69) is 0 Å². The molecule has 4 heteroatoms. The number of hydrogen-bond donors (Lipinski definition) is 2. The number of rotatable bonds is 0. The molecule has 0 aromatic heterocycles. The van der Waals surface area contributed by atoms with E-state index in [1.165, 1.54) is 0 Å². The van der Waals surface area contributed by atoms with Gasteiger partial charge in [-0.2, -0.15) is 0 Å². The zero-order chi connectivity index (χ0) is 5.33. The molecule has 1 saturated heterocycles. The summed E-state index contributed by atoms with van der Waals surface area (Å²) >= 11 is 0. The second kappa shape index (κ2) is 1.85. The Morgan fingerprint density at radius 2 is 1.57 bits per heavy atom. The average Bonchev–Trinajstić information content (AvgIpc) is 1.84. The minimum atomic E-state index is -0.380. The molecule has 4 N–H and O–H groups in total. The molecule has 7 heavy (non-hydrogen) atoms. The van der Waals surface area contributed by atoms with Gasteiger partial charge >= 0.3 is 0 Å². The Morgan fingerprint density at radius 1 is 1.14 bits per heavy atom. The van der Waals surface area contributed by atoms with Crippen molar-refractivity contribution in [2.45, 2.75) is 5.66 Å². The van der Waals surface area contributed by atoms with Crippen LogP contribution in [0, 0.1) is 0 Å². The normalized spacial score (nSPS) is 28.3. The highest BCUT2D eigenvalue weighted by Crippen LogP contribution is 2.32. The van der Waals surface area contributed by atoms with Gasteiger partial charge in [-0.25, -0.2) is 0 Å². The van der Waals surface area contributed by atoms with Crippen LogP contribution in [0.2, 0.25) is 0 Å². The van der Waals surface area contributed by atoms with Crippen LogP contribution in [-0.4, -0.2) is 17.2 Å². The summed E-state index contributed by atoms with van der Waals surface area (Å²) in [6.07, 6.45) is 0. The Morgan fingerprint density at radius 3 is 1.71 bits per heavy atom. The third-order valence-corrected chi connectivity index (χ3v) is 3.42. The molecule has 1 heterocycles. The smallest absolute Gasteiger partial charge is 0.0839 e. The molecule has 0 saturated carbocycles. The van der Waals surface area contributed by atoms with Crippen molar-refractivity contribution in [1.29, 1.82) is 0 Å². The number of nitrogens with two attached hydrogens (primary N) is 2. The minimum Gasteiger partial charge on any atom is -0.312 e. The summed E-state index contributed by atoms with van der Waals surface area (Å²) in [5, 5.41) is 0. The van der Waals surface area contributed by atoms with Crippen LogP contribution < -0.4 is 11.5 Å². The summed E-state index contributed by atoms with van der Waals surface area (Å²) < 4.78 is 0. The van der Waals surface area contributed by atoms with Crippen molar-refractivity contribution in [2.75, 3.05) is 11.5 Å². The van der Waals surface area contributed by atoms with Gasteiger partial charge in [0.25, 0.3) is 0 Å². The van der Waals surface area contributed by atoms with Crippen molar-refractivity contribution in [3.05, 3.63) is 0 Å². The van der Waals surface area contributed by atoms with Crippen LogP contribution >= 0.6 is 21.6 Å². The molecule has 1 rings (SSSR count). The van der Waals surface area contributed by atoms with Gasteiger partial charge in [0.1, 0.15) is 0 Å². The maximum Gasteiger partial charge on any atom is 0.0839 e. The quantitative estimate of drug-likeness (QED) is 0.363. The Bertz CT molecular complexity index is 65.3. The Balaban J connectivity index is 2.40. The third-order valence-electron chi connectivity index (χ3n) is 0.739. The predicted molar refractivity (Wildman–Crippen MR) is 36.0 cm³/mol. The van der Waals surface area contributed by atoms with Gasteiger partial charge in [0.2, 0.25) is 0 Å². The average molecular weight is 136 g/mol. The van der Waals surface area contributed by atoms with E-state index < -0.39 is 0 Å². The number of hydrogen-bond acceptors (Lipinski definition) is 4. The van der Waals surface area contributed by atoms with Gasteiger partial charge in [0.05, 0.1) is 5.66 Å². The lowest BCUT2D eigenvalue weighted by atomic mass is 10.3. The van der Waals surface area contributed by atoms with E-state index in [4.69, 9.17) is 11.5 Å². The van der Waals surface area contributed by atoms with Crippen molar-refractivity contribution in [1.82, 2.24) is 0 Å². The van der Waals surface area contributed by atoms with Crippen LogP contribution in [0.3, 0.4) is 0 Å². The van der Waals surface area contributed by atoms with Crippen LogP contribution in [0.1, 0.15) is 0 Å². The predicted octanol–water partition coefficient (Wildman–Crippen LogP) is -0.00490. The summed E-state index contributed by atoms with van der Waals surface area (Å²) in [6, 6.07) is 0. The van der Waals surface area contributed by atoms with Crippen molar-refractivity contribution in [3.8, 4) is 0 Å². The highest BCUT2D eigenvalue weighted by Gasteiger charge is 2.24. The molecule has 0 atom stereocenters. The first-order valence-electron chi connectivity index (χ1n) is 2.03. The van der Waals surface area contributed by atoms with E-state index in [1.54, 1.807) is 21.6 Å². The van der Waals surface area contributed by atoms with E-state index in [9.17, 15) is 0 Å². The fourth-order valence-electron chi connectivity index (χ4n) is 0.344. The second-order valence-electron chi connectivity index (χ2n) is 1.76. The molecule has 0 bridgehead atoms. The summed E-state index contributed by atoms with van der Waals surface area (Å²) in [4.78, 5) is 0. The van der Waals surface area contributed by atoms with Crippen LogP contribution in [0.25, 0.3) is 0 Å². The Labute approximate surface area is 50.8 Å². The summed E-state index contributed by atoms with van der Waals surface area (Å²) in [5.74, 6) is 1.77. The largest absolute Gasteiger partial charge is 0.312 e. The van der Waals surface area contributed by atoms with Crippen LogP contribution in [0.15, 0.2) is 0 Å². The third kappa shape index (κ3) is 1.53. The minimum absolute atomic E-state index is 0.380. The lowest BCUT2D eigenvalue weighted by Crippen LogP contribution is -2.51. The SMILES string of the molecule is NC1(N)CSSC1. The summed E-state index contributed by atoms with van der Waals surface area (Å²) in [5.41, 5.74) is 10.6. The lowest BCUT2D eigenvalue weighted by Gasteiger charge is -2.12. The molecule has 42 valence electrons. The molecule has 1 aliphatic heterocycles. The first kappa shape index (κ1) is 5.75. The molecular weight excluding hydrogens is 128 g/mol. The molecule has 0 radical (unpaired) electrons. The van der Waals surface area contributed by atoms with Crippen molar-refractivity contribution in [3.63, 3.8) is 0 Å². The fourth-order valence-corrected chi connectivity index (χ4v) is 3.10. The summed E-state index contributed by atoms with van der Waals surface area (Å²) in [6.45, 7) is 0. The van der Waals surface area contributed by atoms with Gasteiger partial charge in [0.15, 0.2) is 0 Å². The van der Waals surface area contributed by atoms with Gasteiger partial charge in [-0.05, 0) is 0 Å². The monoisotopic (exact) mass is 136 g/mol. The van der Waals surface area contributed by atoms with Gasteiger partial charge in [-0.1, -0.05) is 21.6 Å². The van der Waals surface area contributed by atoms with Crippen molar-refractivity contribution < 1.29 is 0 Å². The summed E-state index contributed by atoms with van der Waals surface area (Å²) in [7, 11) is 3.50. The molecule has 0 amide bonds. The van der Waals surface area contributed by atoms with Crippen LogP contribution in [0.4, 0.5) is 0 Å². The molecule has 0 unspecified atom stereocenters. The molecule has 0 spiro atoms. The molecular formula is C3H8N2S2. The fraction of sp³-hybridized carbons (Fsp3) is 1.00. The maximum atomic E-state index is 5.51. The molecule has 1 aliphatic rings. The van der Waals surface area contributed by atoms with Gasteiger partial charge in [0, 0.05) is 11.5 Å². The highest BCUT2D eigenvalue weighted by molar-refractivity contribution is 8.77. The van der Waals surface area contributed by atoms with E-state index in [0.29, 0.717) is 0 Å². The van der Waals surface area contributed by atoms with Crippen molar-refractivity contribution in [2.24, 2.45) is 11.5 Å². The molecule has 2 nitrogen and oxygen atoms in total. The highest BCUT2D eigenvalue weighted by atomic mass is 33.1.